The highest BCUT2D eigenvalue weighted by molar-refractivity contribution is 5.81. The van der Waals surface area contributed by atoms with Crippen LogP contribution >= 0.6 is 0 Å². The quantitative estimate of drug-likeness (QED) is 0.867. The van der Waals surface area contributed by atoms with Gasteiger partial charge in [-0.2, -0.15) is 0 Å². The number of carboxylic acids is 1. The molecule has 1 aromatic carbocycles. The number of rotatable bonds is 5. The van der Waals surface area contributed by atoms with Crippen molar-refractivity contribution in [1.29, 1.82) is 0 Å². The van der Waals surface area contributed by atoms with Crippen LogP contribution in [0.15, 0.2) is 24.3 Å². The molecule has 1 heterocycles. The van der Waals surface area contributed by atoms with E-state index in [1.807, 2.05) is 49.7 Å². The largest absolute Gasteiger partial charge is 0.480 e. The van der Waals surface area contributed by atoms with Crippen molar-refractivity contribution in [3.8, 4) is 0 Å². The number of imidazole rings is 1. The summed E-state index contributed by atoms with van der Waals surface area (Å²) in [6.45, 7) is 4.01. The summed E-state index contributed by atoms with van der Waals surface area (Å²) >= 11 is 0. The fourth-order valence-electron chi connectivity index (χ4n) is 2.12. The number of nitrogens with one attached hydrogen (secondary N) is 1. The number of para-hydroxylation sites is 2. The summed E-state index contributed by atoms with van der Waals surface area (Å²) in [6, 6.07) is 7.12. The molecular weight excluding hydrogens is 242 g/mol. The van der Waals surface area contributed by atoms with Crippen molar-refractivity contribution < 1.29 is 9.90 Å². The van der Waals surface area contributed by atoms with Crippen LogP contribution < -0.4 is 5.32 Å². The zero-order valence-electron chi connectivity index (χ0n) is 11.4. The summed E-state index contributed by atoms with van der Waals surface area (Å²) in [5, 5.41) is 12.3. The third kappa shape index (κ3) is 2.86. The molecule has 0 saturated carbocycles. The van der Waals surface area contributed by atoms with Gasteiger partial charge in [-0.1, -0.05) is 26.0 Å². The minimum absolute atomic E-state index is 0.309. The summed E-state index contributed by atoms with van der Waals surface area (Å²) in [5.74, 6) is 0.0540. The Hall–Kier alpha value is -2.04. The Morgan fingerprint density at radius 3 is 2.68 bits per heavy atom. The first-order chi connectivity index (χ1) is 8.99. The molecule has 2 aromatic rings. The first-order valence-electron chi connectivity index (χ1n) is 6.40. The Kier molecular flexibility index (Phi) is 3.74. The Morgan fingerprint density at radius 1 is 1.42 bits per heavy atom. The molecule has 19 heavy (non-hydrogen) atoms. The molecule has 0 aliphatic carbocycles. The number of aryl methyl sites for hydroxylation is 1. The molecule has 0 radical (unpaired) electrons. The minimum atomic E-state index is -0.847. The van der Waals surface area contributed by atoms with Gasteiger partial charge >= 0.3 is 5.97 Å². The van der Waals surface area contributed by atoms with E-state index in [1.165, 1.54) is 0 Å². The lowest BCUT2D eigenvalue weighted by molar-refractivity contribution is -0.138. The van der Waals surface area contributed by atoms with Crippen LogP contribution in [0.2, 0.25) is 0 Å². The second-order valence-corrected chi connectivity index (χ2v) is 5.15. The van der Waals surface area contributed by atoms with E-state index in [-0.39, 0.29) is 0 Å². The van der Waals surface area contributed by atoms with Gasteiger partial charge in [-0.3, -0.25) is 0 Å². The van der Waals surface area contributed by atoms with Crippen molar-refractivity contribution in [2.75, 3.05) is 5.32 Å². The fraction of sp³-hybridized carbons (Fsp3) is 0.429. The van der Waals surface area contributed by atoms with Gasteiger partial charge in [0.25, 0.3) is 0 Å². The SMILES string of the molecule is CC(C)CC(Nc1nc2ccccc2n1C)C(=O)O. The summed E-state index contributed by atoms with van der Waals surface area (Å²) in [4.78, 5) is 15.7. The number of hydrogen-bond donors (Lipinski definition) is 2. The van der Waals surface area contributed by atoms with Gasteiger partial charge in [0.1, 0.15) is 6.04 Å². The number of aliphatic carboxylic acids is 1. The molecule has 1 atom stereocenters. The van der Waals surface area contributed by atoms with Crippen LogP contribution in [-0.4, -0.2) is 26.7 Å². The Labute approximate surface area is 112 Å². The lowest BCUT2D eigenvalue weighted by Crippen LogP contribution is -2.31. The molecule has 0 fully saturated rings. The van der Waals surface area contributed by atoms with Gasteiger partial charge in [-0.15, -0.1) is 0 Å². The van der Waals surface area contributed by atoms with Crippen LogP contribution in [0.5, 0.6) is 0 Å². The average molecular weight is 261 g/mol. The summed E-state index contributed by atoms with van der Waals surface area (Å²) in [7, 11) is 1.88. The van der Waals surface area contributed by atoms with E-state index < -0.39 is 12.0 Å². The number of hydrogen-bond acceptors (Lipinski definition) is 3. The predicted molar refractivity (Wildman–Crippen MR) is 75.2 cm³/mol. The zero-order valence-corrected chi connectivity index (χ0v) is 11.4. The van der Waals surface area contributed by atoms with E-state index in [4.69, 9.17) is 0 Å². The maximum absolute atomic E-state index is 11.3. The molecule has 2 rings (SSSR count). The van der Waals surface area contributed by atoms with Gasteiger partial charge in [-0.25, -0.2) is 9.78 Å². The van der Waals surface area contributed by atoms with E-state index in [2.05, 4.69) is 10.3 Å². The second kappa shape index (κ2) is 5.30. The van der Waals surface area contributed by atoms with E-state index in [1.54, 1.807) is 0 Å². The van der Waals surface area contributed by atoms with E-state index in [9.17, 15) is 9.90 Å². The van der Waals surface area contributed by atoms with Crippen molar-refractivity contribution in [2.24, 2.45) is 13.0 Å². The van der Waals surface area contributed by atoms with Crippen molar-refractivity contribution in [3.05, 3.63) is 24.3 Å². The highest BCUT2D eigenvalue weighted by atomic mass is 16.4. The molecule has 0 saturated heterocycles. The van der Waals surface area contributed by atoms with Crippen molar-refractivity contribution in [1.82, 2.24) is 9.55 Å². The number of nitrogens with zero attached hydrogens (tertiary/aromatic N) is 2. The Morgan fingerprint density at radius 2 is 2.11 bits per heavy atom. The highest BCUT2D eigenvalue weighted by Gasteiger charge is 2.20. The fourth-order valence-corrected chi connectivity index (χ4v) is 2.12. The summed E-state index contributed by atoms with van der Waals surface area (Å²) < 4.78 is 1.88. The van der Waals surface area contributed by atoms with Crippen LogP contribution in [0.25, 0.3) is 11.0 Å². The molecular formula is C14H19N3O2. The average Bonchev–Trinajstić information content (AvgIpc) is 2.65. The molecule has 0 bridgehead atoms. The van der Waals surface area contributed by atoms with Crippen LogP contribution in [0.1, 0.15) is 20.3 Å². The number of benzene rings is 1. The Balaban J connectivity index is 2.28. The van der Waals surface area contributed by atoms with Gasteiger partial charge < -0.3 is 15.0 Å². The lowest BCUT2D eigenvalue weighted by Gasteiger charge is -2.16. The number of anilines is 1. The molecule has 0 amide bonds. The summed E-state index contributed by atoms with van der Waals surface area (Å²) in [5.41, 5.74) is 1.85. The molecule has 2 N–H and O–H groups in total. The van der Waals surface area contributed by atoms with E-state index in [0.29, 0.717) is 18.3 Å². The number of carboxylic acid groups (broad SMARTS) is 1. The Bertz CT molecular complexity index is 589. The highest BCUT2D eigenvalue weighted by Crippen LogP contribution is 2.19. The third-order valence-electron chi connectivity index (χ3n) is 3.10. The van der Waals surface area contributed by atoms with Crippen molar-refractivity contribution in [2.45, 2.75) is 26.3 Å². The monoisotopic (exact) mass is 261 g/mol. The van der Waals surface area contributed by atoms with Crippen LogP contribution in [0.4, 0.5) is 5.95 Å². The number of aromatic nitrogens is 2. The summed E-state index contributed by atoms with van der Waals surface area (Å²) in [6.07, 6.45) is 0.568. The van der Waals surface area contributed by atoms with Crippen LogP contribution in [-0.2, 0) is 11.8 Å². The number of carbonyl (C=O) groups is 1. The normalized spacial score (nSPS) is 12.8. The zero-order chi connectivity index (χ0) is 14.0. The topological polar surface area (TPSA) is 67.2 Å². The van der Waals surface area contributed by atoms with Crippen LogP contribution in [0, 0.1) is 5.92 Å². The minimum Gasteiger partial charge on any atom is -0.480 e. The van der Waals surface area contributed by atoms with Gasteiger partial charge in [-0.05, 0) is 24.5 Å². The van der Waals surface area contributed by atoms with E-state index in [0.717, 1.165) is 11.0 Å². The third-order valence-corrected chi connectivity index (χ3v) is 3.10. The maximum atomic E-state index is 11.3. The van der Waals surface area contributed by atoms with Crippen molar-refractivity contribution >= 4 is 23.0 Å². The van der Waals surface area contributed by atoms with Crippen LogP contribution in [0.3, 0.4) is 0 Å². The maximum Gasteiger partial charge on any atom is 0.326 e. The molecule has 1 unspecified atom stereocenters. The van der Waals surface area contributed by atoms with Gasteiger partial charge in [0, 0.05) is 7.05 Å². The molecule has 0 aliphatic heterocycles. The molecule has 5 nitrogen and oxygen atoms in total. The molecule has 0 aliphatic rings. The lowest BCUT2D eigenvalue weighted by atomic mass is 10.0. The first-order valence-corrected chi connectivity index (χ1v) is 6.40. The standard InChI is InChI=1S/C14H19N3O2/c1-9(2)8-11(13(18)19)16-14-15-10-6-4-5-7-12(10)17(14)3/h4-7,9,11H,8H2,1-3H3,(H,15,16)(H,18,19). The molecule has 1 aromatic heterocycles. The van der Waals surface area contributed by atoms with Gasteiger partial charge in [0.15, 0.2) is 0 Å². The molecule has 102 valence electrons. The van der Waals surface area contributed by atoms with Gasteiger partial charge in [0.05, 0.1) is 11.0 Å². The molecule has 0 spiro atoms. The second-order valence-electron chi connectivity index (χ2n) is 5.15. The van der Waals surface area contributed by atoms with Gasteiger partial charge in [0.2, 0.25) is 5.95 Å². The molecule has 5 heteroatoms. The smallest absolute Gasteiger partial charge is 0.326 e. The first kappa shape index (κ1) is 13.4. The van der Waals surface area contributed by atoms with Crippen molar-refractivity contribution in [3.63, 3.8) is 0 Å². The predicted octanol–water partition coefficient (Wildman–Crippen LogP) is 2.48. The number of fused-ring (bicyclic) bond motifs is 1. The van der Waals surface area contributed by atoms with E-state index >= 15 is 0 Å².